The number of ketones is 3. The van der Waals surface area contributed by atoms with Gasteiger partial charge in [0.05, 0.1) is 74.1 Å². The number of thioether (sulfide) groups is 2. The van der Waals surface area contributed by atoms with Gasteiger partial charge in [-0.15, -0.1) is 10.2 Å². The highest BCUT2D eigenvalue weighted by Crippen LogP contribution is 2.45. The molecule has 21 rings (SSSR count). The number of amides is 1. The van der Waals surface area contributed by atoms with Crippen LogP contribution in [-0.4, -0.2) is 92.1 Å². The van der Waals surface area contributed by atoms with E-state index in [9.17, 15) is 54.6 Å². The van der Waals surface area contributed by atoms with Gasteiger partial charge in [0.1, 0.15) is 51.0 Å². The number of aryl methyl sites for hydroxylation is 3. The molecule has 0 spiro atoms. The Morgan fingerprint density at radius 1 is 0.625 bits per heavy atom. The van der Waals surface area contributed by atoms with Gasteiger partial charge in [-0.05, 0) is 159 Å². The summed E-state index contributed by atoms with van der Waals surface area (Å²) in [7, 11) is 4.73. The number of carbonyl (C=O) groups is 4. The molecule has 33 nitrogen and oxygen atoms in total. The summed E-state index contributed by atoms with van der Waals surface area (Å²) in [6.07, 6.45) is 8.49. The number of benzene rings is 11. The summed E-state index contributed by atoms with van der Waals surface area (Å²) in [5, 5.41) is 71.6. The third-order valence-electron chi connectivity index (χ3n) is 21.8. The molecule has 0 fully saturated rings. The summed E-state index contributed by atoms with van der Waals surface area (Å²) < 4.78 is 28.4. The normalized spacial score (nSPS) is 13.3. The third-order valence-corrected chi connectivity index (χ3v) is 24.4. The number of anilines is 3. The van der Waals surface area contributed by atoms with E-state index in [-0.39, 0.29) is 79.1 Å². The van der Waals surface area contributed by atoms with Gasteiger partial charge in [-0.2, -0.15) is 10.1 Å². The number of non-ortho nitro benzene ring substituents is 2. The molecule has 2 aliphatic heterocycles. The van der Waals surface area contributed by atoms with E-state index in [2.05, 4.69) is 99.9 Å². The van der Waals surface area contributed by atoms with Crippen LogP contribution >= 0.6 is 35.1 Å². The van der Waals surface area contributed by atoms with Crippen LogP contribution in [0.25, 0.3) is 62.0 Å². The van der Waals surface area contributed by atoms with Gasteiger partial charge >= 0.3 is 0 Å². The predicted molar refractivity (Wildman–Crippen MR) is 555 cm³/mol. The van der Waals surface area contributed by atoms with Crippen molar-refractivity contribution in [1.82, 2.24) is 35.1 Å². The maximum absolute atomic E-state index is 12.4. The van der Waals surface area contributed by atoms with E-state index in [0.717, 1.165) is 61.4 Å². The molecule has 7 aromatic heterocycles. The molecule has 0 saturated heterocycles. The van der Waals surface area contributed by atoms with Gasteiger partial charge in [0.15, 0.2) is 16.4 Å². The standard InChI is InChI=1S/C19H10ClNO4S.C16H15N3.C16H12N2O2.C15H11N3O4.C14H12N4O.C14H12N2O4.C14H14N2OS/c20-12-5-6-13(15(9-12)21(23)24)16-7-11(10-25-16)8-18-19(22)14-3-1-2-4-17(14)26-18;1-12-9-16(18-11-13-5-4-8-17-10-13)19-15-7-3-2-6-14(12)15;17-13-14(18-10-6-2-1-3-7-10)16(20)12-9-5-4-8-11(12)15(13)19;1-21-13-8-3-2-7-12(13)15-16-14(17-22-15)10-5-4-6-11(9-10)18(19)20;1-18-11-7-3-2-6-10(11)13(14(18)19)17-16-12-8-4-5-9-15-12;1-20-13-9-11(16(18)19)7-8-12(13)15-14(17)10-5-3-2-4-6-10;1-10-8-9-12(17-10)14(2)16-15-13(18-14)11-6-4-3-5-7-11/h1-10H;2-10H,11H2,1H3,(H,18,19);1-9,18H,17H2;2-9H,1H3;2-9,19H,1H3;2-9H,1H3,(H,15,17);3-9,16H,1-2H3/b18-8+;;;;;;. The number of halogens is 1. The fourth-order valence-corrected chi connectivity index (χ4v) is 16.9. The Bertz CT molecular complexity index is 7900. The van der Waals surface area contributed by atoms with Crippen LogP contribution in [-0.2, 0) is 18.5 Å². The van der Waals surface area contributed by atoms with Gasteiger partial charge in [-0.1, -0.05) is 216 Å². The average Bonchev–Trinajstić information content (AvgIpc) is 1.18. The lowest BCUT2D eigenvalue weighted by atomic mass is 9.90. The molecule has 18 aromatic rings. The molecule has 36 heteroatoms. The van der Waals surface area contributed by atoms with Crippen LogP contribution in [0.4, 0.5) is 45.8 Å². The summed E-state index contributed by atoms with van der Waals surface area (Å²) in [5.41, 5.74) is 19.9. The van der Waals surface area contributed by atoms with Gasteiger partial charge in [-0.3, -0.25) is 59.9 Å². The highest BCUT2D eigenvalue weighted by atomic mass is 35.5. The van der Waals surface area contributed by atoms with Crippen molar-refractivity contribution in [3.05, 3.63) is 460 Å². The third kappa shape index (κ3) is 24.5. The molecule has 0 saturated carbocycles. The first-order valence-corrected chi connectivity index (χ1v) is 46.0. The molecule has 718 valence electrons. The number of nitrogens with zero attached hydrogens (tertiary/aromatic N) is 12. The molecule has 0 radical (unpaired) electrons. The Kier molecular flexibility index (Phi) is 32.4. The van der Waals surface area contributed by atoms with E-state index < -0.39 is 14.8 Å². The highest BCUT2D eigenvalue weighted by molar-refractivity contribution is 8.15. The number of rotatable bonds is 20. The Morgan fingerprint density at radius 3 is 1.98 bits per heavy atom. The van der Waals surface area contributed by atoms with Crippen LogP contribution < -0.4 is 36.6 Å². The molecule has 1 amide bonds. The number of allylic oxidation sites excluding steroid dienone is 3. The van der Waals surface area contributed by atoms with Crippen molar-refractivity contribution < 1.29 is 61.9 Å². The lowest BCUT2D eigenvalue weighted by molar-refractivity contribution is -0.385. The molecule has 1 atom stereocenters. The quantitative estimate of drug-likeness (QED) is 0.0179. The monoisotopic (exact) mass is 1980 g/mol. The van der Waals surface area contributed by atoms with Crippen LogP contribution in [0.1, 0.15) is 82.1 Å². The van der Waals surface area contributed by atoms with Crippen LogP contribution in [0.5, 0.6) is 17.4 Å². The summed E-state index contributed by atoms with van der Waals surface area (Å²) >= 11 is 8.92. The van der Waals surface area contributed by atoms with Crippen molar-refractivity contribution in [1.29, 1.82) is 0 Å². The number of nitrogens with two attached hydrogens (primary N) is 1. The van der Waals surface area contributed by atoms with E-state index in [0.29, 0.717) is 89.7 Å². The van der Waals surface area contributed by atoms with Crippen molar-refractivity contribution in [2.24, 2.45) is 28.1 Å². The first-order valence-electron chi connectivity index (χ1n) is 44.0. The number of pyridine rings is 3. The van der Waals surface area contributed by atoms with E-state index in [1.165, 1.54) is 72.5 Å². The van der Waals surface area contributed by atoms with Crippen molar-refractivity contribution in [3.63, 3.8) is 0 Å². The summed E-state index contributed by atoms with van der Waals surface area (Å²) in [4.78, 5) is 98.6. The number of hydrogen-bond donors (Lipinski definition) is 6. The zero-order valence-corrected chi connectivity index (χ0v) is 79.9. The number of nitrogens with one attached hydrogen (secondary N) is 4. The lowest BCUT2D eigenvalue weighted by Crippen LogP contribution is -2.29. The second kappa shape index (κ2) is 46.7. The SMILES string of the molecule is COc1cc([N+](=O)[O-])ccc1NC(=O)c1ccccc1.COc1ccccc1-c1nc(-c2cccc([N+](=O)[O-])c2)no1.Cc1cc(NCc2cccnc2)nc2ccccc12.Cc1ccc(C2(C)NN=C(c3ccccc3)S2)o1.Cn1c(O)c(N=Nc2ccccn2)c2ccccc21.NC1=C(Nc2ccccc2)C(=O)c2ccccc2C1=O.O=C1/C(=C\c2coc(-c3ccc(Cl)cc3[N+](=O)[O-])c2)Sc2ccccc21. The second-order valence-electron chi connectivity index (χ2n) is 31.6. The zero-order chi connectivity index (χ0) is 101. The number of carbonyl (C=O) groups excluding carboxylic acids is 4. The topological polar surface area (TPSA) is 456 Å². The predicted octanol–water partition coefficient (Wildman–Crippen LogP) is 25.1. The van der Waals surface area contributed by atoms with Crippen LogP contribution in [0.3, 0.4) is 0 Å². The highest BCUT2D eigenvalue weighted by Gasteiger charge is 2.38. The van der Waals surface area contributed by atoms with E-state index in [4.69, 9.17) is 40.2 Å². The number of nitro groups is 3. The van der Waals surface area contributed by atoms with Gasteiger partial charge in [0.25, 0.3) is 28.9 Å². The number of nitro benzene ring substituents is 3. The molecule has 9 heterocycles. The number of ether oxygens (including phenoxy) is 2. The van der Waals surface area contributed by atoms with Gasteiger partial charge in [-0.25, -0.2) is 9.97 Å². The summed E-state index contributed by atoms with van der Waals surface area (Å²) in [5.74, 6) is 4.16. The molecule has 11 aromatic carbocycles. The van der Waals surface area contributed by atoms with Gasteiger partial charge in [0, 0.05) is 122 Å². The first-order chi connectivity index (χ1) is 69.8. The molecular formula is C108H86ClN17O16S2. The molecular weight excluding hydrogens is 1890 g/mol. The Balaban J connectivity index is 0.000000127. The first kappa shape index (κ1) is 99.9. The van der Waals surface area contributed by atoms with Crippen molar-refractivity contribution >= 4 is 137 Å². The van der Waals surface area contributed by atoms with Gasteiger partial charge in [0.2, 0.25) is 29.1 Å². The number of azo groups is 1. The maximum Gasteiger partial charge on any atom is 0.281 e. The average molecular weight is 1980 g/mol. The fourth-order valence-electron chi connectivity index (χ4n) is 14.6. The lowest BCUT2D eigenvalue weighted by Gasteiger charge is -2.19. The molecule has 7 N–H and O–H groups in total. The van der Waals surface area contributed by atoms with Crippen molar-refractivity contribution in [2.75, 3.05) is 30.2 Å². The van der Waals surface area contributed by atoms with E-state index in [1.807, 2.05) is 165 Å². The van der Waals surface area contributed by atoms with Crippen molar-refractivity contribution in [3.8, 4) is 51.5 Å². The number of hydrazone groups is 1. The second-order valence-corrected chi connectivity index (χ2v) is 34.5. The fraction of sp³-hybridized carbons (Fsp3) is 0.0741. The number of hydrogen-bond acceptors (Lipinski definition) is 30. The minimum Gasteiger partial charge on any atom is -0.496 e. The number of para-hydroxylation sites is 4. The number of Topliss-reactive ketones (excluding diaryl/α,β-unsaturated/α-hetero) is 3. The largest absolute Gasteiger partial charge is 0.496 e. The van der Waals surface area contributed by atoms with Crippen LogP contribution in [0.15, 0.2) is 402 Å². The molecule has 144 heavy (non-hydrogen) atoms. The van der Waals surface area contributed by atoms with Gasteiger partial charge < -0.3 is 54.2 Å². The minimum absolute atomic E-state index is 0.0267. The number of methoxy groups -OCH3 is 2. The Hall–Kier alpha value is -18.6. The molecule has 3 aliphatic rings. The maximum atomic E-state index is 12.4. The number of aromatic hydroxyl groups is 1. The van der Waals surface area contributed by atoms with Crippen LogP contribution in [0.2, 0.25) is 5.02 Å². The summed E-state index contributed by atoms with van der Waals surface area (Å²) in [6.45, 7) is 6.87. The van der Waals surface area contributed by atoms with E-state index in [1.54, 1.807) is 164 Å². The Labute approximate surface area is 835 Å². The Morgan fingerprint density at radius 2 is 1.28 bits per heavy atom. The molecule has 1 unspecified atom stereocenters. The number of furan rings is 2. The van der Waals surface area contributed by atoms with E-state index >= 15 is 0 Å². The summed E-state index contributed by atoms with van der Waals surface area (Å²) in [6, 6.07) is 96.8. The molecule has 1 aliphatic carbocycles. The smallest absolute Gasteiger partial charge is 0.281 e. The minimum atomic E-state index is -0.523. The zero-order valence-electron chi connectivity index (χ0n) is 77.5. The number of fused-ring (bicyclic) bond motifs is 4. The van der Waals surface area contributed by atoms with Crippen LogP contribution in [0, 0.1) is 44.2 Å². The molecule has 0 bridgehead atoms. The van der Waals surface area contributed by atoms with Crippen molar-refractivity contribution in [2.45, 2.75) is 37.1 Å². The number of aromatic nitrogens is 6.